The molecule has 2 amide bonds. The SMILES string of the molecule is CCN(CC)CCCNC(=O)C1C(c2ccccc2)C(C(=O)NCCCN(CC)CC)C1c1ccccc1. The smallest absolute Gasteiger partial charge is 0.224 e. The molecule has 3 rings (SSSR count). The molecule has 0 aromatic heterocycles. The number of hydrogen-bond acceptors (Lipinski definition) is 4. The van der Waals surface area contributed by atoms with Crippen LogP contribution in [0.4, 0.5) is 0 Å². The average molecular weight is 521 g/mol. The molecule has 1 saturated carbocycles. The van der Waals surface area contributed by atoms with Crippen molar-refractivity contribution in [1.29, 1.82) is 0 Å². The summed E-state index contributed by atoms with van der Waals surface area (Å²) in [6, 6.07) is 20.2. The van der Waals surface area contributed by atoms with Crippen LogP contribution < -0.4 is 10.6 Å². The summed E-state index contributed by atoms with van der Waals surface area (Å²) in [5.74, 6) is -0.742. The molecule has 6 heteroatoms. The number of rotatable bonds is 16. The number of nitrogens with zero attached hydrogens (tertiary/aromatic N) is 2. The molecule has 1 aliphatic rings. The third kappa shape index (κ3) is 7.67. The Bertz CT molecular complexity index is 872. The molecular formula is C32H48N4O2. The molecule has 0 bridgehead atoms. The summed E-state index contributed by atoms with van der Waals surface area (Å²) < 4.78 is 0. The van der Waals surface area contributed by atoms with Crippen LogP contribution in [0.3, 0.4) is 0 Å². The minimum atomic E-state index is -0.278. The molecule has 1 aliphatic carbocycles. The van der Waals surface area contributed by atoms with Crippen LogP contribution in [0, 0.1) is 11.8 Å². The van der Waals surface area contributed by atoms with Gasteiger partial charge in [0.1, 0.15) is 0 Å². The second kappa shape index (κ2) is 15.6. The van der Waals surface area contributed by atoms with Gasteiger partial charge in [0, 0.05) is 24.9 Å². The highest BCUT2D eigenvalue weighted by molar-refractivity contribution is 5.90. The lowest BCUT2D eigenvalue weighted by Crippen LogP contribution is -2.56. The maximum atomic E-state index is 13.7. The van der Waals surface area contributed by atoms with Crippen LogP contribution >= 0.6 is 0 Å². The van der Waals surface area contributed by atoms with Crippen molar-refractivity contribution in [2.75, 3.05) is 52.4 Å². The highest BCUT2D eigenvalue weighted by Crippen LogP contribution is 2.57. The van der Waals surface area contributed by atoms with E-state index in [1.54, 1.807) is 0 Å². The largest absolute Gasteiger partial charge is 0.356 e. The monoisotopic (exact) mass is 520 g/mol. The van der Waals surface area contributed by atoms with Gasteiger partial charge in [-0.15, -0.1) is 0 Å². The average Bonchev–Trinajstić information content (AvgIpc) is 2.94. The molecule has 2 aromatic rings. The highest BCUT2D eigenvalue weighted by Gasteiger charge is 2.57. The highest BCUT2D eigenvalue weighted by atomic mass is 16.2. The zero-order valence-corrected chi connectivity index (χ0v) is 23.9. The van der Waals surface area contributed by atoms with Crippen molar-refractivity contribution < 1.29 is 9.59 Å². The molecule has 0 radical (unpaired) electrons. The summed E-state index contributed by atoms with van der Waals surface area (Å²) in [5, 5.41) is 6.44. The van der Waals surface area contributed by atoms with Crippen molar-refractivity contribution in [3.63, 3.8) is 0 Å². The normalized spacial score (nSPS) is 20.8. The molecule has 0 atom stereocenters. The van der Waals surface area contributed by atoms with E-state index in [2.05, 4.69) is 72.4 Å². The fraction of sp³-hybridized carbons (Fsp3) is 0.562. The van der Waals surface area contributed by atoms with E-state index in [0.717, 1.165) is 63.2 Å². The van der Waals surface area contributed by atoms with E-state index in [9.17, 15) is 9.59 Å². The Morgan fingerprint density at radius 3 is 1.26 bits per heavy atom. The second-order valence-corrected chi connectivity index (χ2v) is 10.3. The summed E-state index contributed by atoms with van der Waals surface area (Å²) in [7, 11) is 0. The molecule has 0 heterocycles. The van der Waals surface area contributed by atoms with Gasteiger partial charge < -0.3 is 20.4 Å². The van der Waals surface area contributed by atoms with E-state index < -0.39 is 0 Å². The van der Waals surface area contributed by atoms with Gasteiger partial charge in [0.05, 0.1) is 11.8 Å². The zero-order valence-electron chi connectivity index (χ0n) is 23.9. The van der Waals surface area contributed by atoms with Crippen LogP contribution in [0.1, 0.15) is 63.5 Å². The van der Waals surface area contributed by atoms with Crippen LogP contribution in [-0.4, -0.2) is 74.0 Å². The number of benzene rings is 2. The van der Waals surface area contributed by atoms with Crippen LogP contribution in [0.25, 0.3) is 0 Å². The second-order valence-electron chi connectivity index (χ2n) is 10.3. The first-order chi connectivity index (χ1) is 18.5. The number of carbonyl (C=O) groups is 2. The minimum absolute atomic E-state index is 0.0536. The summed E-state index contributed by atoms with van der Waals surface area (Å²) in [5.41, 5.74) is 2.12. The number of amides is 2. The van der Waals surface area contributed by atoms with Crippen LogP contribution in [0.5, 0.6) is 0 Å². The van der Waals surface area contributed by atoms with E-state index in [0.29, 0.717) is 13.1 Å². The van der Waals surface area contributed by atoms with E-state index in [-0.39, 0.29) is 35.5 Å². The van der Waals surface area contributed by atoms with E-state index in [1.807, 2.05) is 36.4 Å². The topological polar surface area (TPSA) is 64.7 Å². The third-order valence-electron chi connectivity index (χ3n) is 8.21. The van der Waals surface area contributed by atoms with E-state index in [1.165, 1.54) is 0 Å². The Kier molecular flexibility index (Phi) is 12.3. The van der Waals surface area contributed by atoms with Crippen molar-refractivity contribution in [2.24, 2.45) is 11.8 Å². The van der Waals surface area contributed by atoms with Crippen LogP contribution in [0.15, 0.2) is 60.7 Å². The fourth-order valence-corrected chi connectivity index (χ4v) is 5.92. The van der Waals surface area contributed by atoms with Crippen LogP contribution in [0.2, 0.25) is 0 Å². The van der Waals surface area contributed by atoms with Gasteiger partial charge in [0.15, 0.2) is 0 Å². The summed E-state index contributed by atoms with van der Waals surface area (Å²) in [6.45, 7) is 16.0. The van der Waals surface area contributed by atoms with Gasteiger partial charge >= 0.3 is 0 Å². The molecule has 0 saturated heterocycles. The molecule has 0 unspecified atom stereocenters. The molecule has 38 heavy (non-hydrogen) atoms. The van der Waals surface area contributed by atoms with E-state index >= 15 is 0 Å². The van der Waals surface area contributed by atoms with E-state index in [4.69, 9.17) is 0 Å². The first-order valence-electron chi connectivity index (χ1n) is 14.7. The predicted octanol–water partition coefficient (Wildman–Crippen LogP) is 4.50. The zero-order chi connectivity index (χ0) is 27.3. The quantitative estimate of drug-likeness (QED) is 0.320. The maximum Gasteiger partial charge on any atom is 0.224 e. The van der Waals surface area contributed by atoms with Gasteiger partial charge in [-0.05, 0) is 63.2 Å². The van der Waals surface area contributed by atoms with Gasteiger partial charge in [-0.1, -0.05) is 88.4 Å². The molecular weight excluding hydrogens is 472 g/mol. The Balaban J connectivity index is 1.77. The minimum Gasteiger partial charge on any atom is -0.356 e. The van der Waals surface area contributed by atoms with Crippen LogP contribution in [-0.2, 0) is 9.59 Å². The van der Waals surface area contributed by atoms with Crippen molar-refractivity contribution in [1.82, 2.24) is 20.4 Å². The molecule has 0 aliphatic heterocycles. The summed E-state index contributed by atoms with van der Waals surface area (Å²) >= 11 is 0. The molecule has 6 nitrogen and oxygen atoms in total. The fourth-order valence-electron chi connectivity index (χ4n) is 5.92. The lowest BCUT2D eigenvalue weighted by atomic mass is 9.52. The Hall–Kier alpha value is -2.70. The molecule has 2 N–H and O–H groups in total. The van der Waals surface area contributed by atoms with Crippen molar-refractivity contribution in [3.8, 4) is 0 Å². The lowest BCUT2D eigenvalue weighted by molar-refractivity contribution is -0.140. The first kappa shape index (κ1) is 29.9. The van der Waals surface area contributed by atoms with Crippen molar-refractivity contribution in [3.05, 3.63) is 71.8 Å². The molecule has 208 valence electrons. The summed E-state index contributed by atoms with van der Waals surface area (Å²) in [4.78, 5) is 32.1. The van der Waals surface area contributed by atoms with Gasteiger partial charge in [0.25, 0.3) is 0 Å². The third-order valence-corrected chi connectivity index (χ3v) is 8.21. The Morgan fingerprint density at radius 2 is 0.947 bits per heavy atom. The van der Waals surface area contributed by atoms with Gasteiger partial charge in [0.2, 0.25) is 11.8 Å². The Labute approximate surface area is 230 Å². The molecule has 2 aromatic carbocycles. The standard InChI is InChI=1S/C32H48N4O2/c1-5-35(6-2)23-15-21-33-31(37)29-27(25-17-11-9-12-18-25)30(28(29)26-19-13-10-14-20-26)32(38)34-22-16-24-36(7-3)8-4/h9-14,17-20,27-30H,5-8,15-16,21-24H2,1-4H3,(H,33,37)(H,34,38). The van der Waals surface area contributed by atoms with Gasteiger partial charge in [-0.25, -0.2) is 0 Å². The predicted molar refractivity (Wildman–Crippen MR) is 156 cm³/mol. The first-order valence-corrected chi connectivity index (χ1v) is 14.7. The maximum absolute atomic E-state index is 13.7. The molecule has 0 spiro atoms. The number of hydrogen-bond donors (Lipinski definition) is 2. The number of carbonyl (C=O) groups excluding carboxylic acids is 2. The van der Waals surface area contributed by atoms with Gasteiger partial charge in [-0.3, -0.25) is 9.59 Å². The van der Waals surface area contributed by atoms with Gasteiger partial charge in [-0.2, -0.15) is 0 Å². The molecule has 1 fully saturated rings. The Morgan fingerprint density at radius 1 is 0.605 bits per heavy atom. The lowest BCUT2D eigenvalue weighted by Gasteiger charge is -2.50. The van der Waals surface area contributed by atoms with Crippen molar-refractivity contribution in [2.45, 2.75) is 52.4 Å². The number of nitrogens with one attached hydrogen (secondary N) is 2. The van der Waals surface area contributed by atoms with Crippen molar-refractivity contribution >= 4 is 11.8 Å². The summed E-state index contributed by atoms with van der Waals surface area (Å²) in [6.07, 6.45) is 1.84.